The zero-order chi connectivity index (χ0) is 32.7. The van der Waals surface area contributed by atoms with E-state index in [1.807, 2.05) is 20.8 Å². The third-order valence-corrected chi connectivity index (χ3v) is 10.8. The first kappa shape index (κ1) is 32.6. The molecule has 5 rings (SSSR count). The summed E-state index contributed by atoms with van der Waals surface area (Å²) in [5.74, 6) is -2.84. The maximum atomic E-state index is 14.2. The Bertz CT molecular complexity index is 1480. The molecular weight excluding hydrogens is 600 g/mol. The number of hydrogen-bond acceptors (Lipinski definition) is 8. The Hall–Kier alpha value is -3.81. The molecule has 3 saturated carbocycles. The Morgan fingerprint density at radius 1 is 1.11 bits per heavy atom. The lowest BCUT2D eigenvalue weighted by Crippen LogP contribution is -2.60. The number of aromatic nitrogens is 1. The number of amides is 5. The van der Waals surface area contributed by atoms with Gasteiger partial charge in [-0.3, -0.25) is 33.7 Å². The summed E-state index contributed by atoms with van der Waals surface area (Å²) in [6.07, 6.45) is 7.83. The van der Waals surface area contributed by atoms with Gasteiger partial charge in [-0.1, -0.05) is 26.8 Å². The summed E-state index contributed by atoms with van der Waals surface area (Å²) >= 11 is 0. The Kier molecular flexibility index (Phi) is 8.82. The van der Waals surface area contributed by atoms with E-state index in [4.69, 9.17) is 0 Å². The molecule has 244 valence electrons. The molecule has 0 spiro atoms. The van der Waals surface area contributed by atoms with Crippen LogP contribution < -0.4 is 20.7 Å². The molecule has 2 heterocycles. The Balaban J connectivity index is 1.38. The minimum Gasteiger partial charge on any atom is -0.347 e. The van der Waals surface area contributed by atoms with Crippen LogP contribution in [0.15, 0.2) is 37.2 Å². The smallest absolute Gasteiger partial charge is 0.259 e. The summed E-state index contributed by atoms with van der Waals surface area (Å²) < 4.78 is 27.2. The number of nitrogens with zero attached hydrogens (tertiary/aromatic N) is 2. The van der Waals surface area contributed by atoms with Gasteiger partial charge in [0.25, 0.3) is 11.8 Å². The summed E-state index contributed by atoms with van der Waals surface area (Å²) in [5.41, 5.74) is -1.89. The van der Waals surface area contributed by atoms with E-state index in [1.165, 1.54) is 23.4 Å². The number of sulfonamides is 1. The van der Waals surface area contributed by atoms with Crippen LogP contribution in [0, 0.1) is 17.3 Å². The summed E-state index contributed by atoms with van der Waals surface area (Å²) in [6, 6.07) is 0.395. The molecule has 0 bridgehead atoms. The van der Waals surface area contributed by atoms with Gasteiger partial charge >= 0.3 is 0 Å². The second-order valence-corrected chi connectivity index (χ2v) is 15.8. The normalized spacial score (nSPS) is 26.7. The molecule has 14 heteroatoms. The third-order valence-electron chi connectivity index (χ3n) is 9.00. The molecule has 1 aromatic rings. The van der Waals surface area contributed by atoms with Crippen molar-refractivity contribution < 1.29 is 32.4 Å². The largest absolute Gasteiger partial charge is 0.347 e. The first-order valence-electron chi connectivity index (χ1n) is 15.5. The van der Waals surface area contributed by atoms with E-state index in [-0.39, 0.29) is 25.3 Å². The molecule has 13 nitrogen and oxygen atoms in total. The monoisotopic (exact) mass is 642 g/mol. The Morgan fingerprint density at radius 2 is 1.78 bits per heavy atom. The van der Waals surface area contributed by atoms with Crippen LogP contribution in [0.25, 0.3) is 0 Å². The van der Waals surface area contributed by atoms with Crippen molar-refractivity contribution in [3.63, 3.8) is 0 Å². The molecule has 5 atom stereocenters. The van der Waals surface area contributed by atoms with Crippen molar-refractivity contribution in [1.82, 2.24) is 30.6 Å². The van der Waals surface area contributed by atoms with E-state index >= 15 is 0 Å². The van der Waals surface area contributed by atoms with Crippen LogP contribution in [-0.2, 0) is 29.2 Å². The molecule has 5 amide bonds. The predicted molar refractivity (Wildman–Crippen MR) is 164 cm³/mol. The number of likely N-dealkylation sites (tertiary alicyclic amines) is 1. The lowest BCUT2D eigenvalue weighted by Gasteiger charge is -2.35. The van der Waals surface area contributed by atoms with Gasteiger partial charge in [0, 0.05) is 42.9 Å². The summed E-state index contributed by atoms with van der Waals surface area (Å²) in [4.78, 5) is 72.5. The van der Waals surface area contributed by atoms with E-state index in [0.717, 1.165) is 12.8 Å². The number of pyridine rings is 1. The molecule has 1 aromatic heterocycles. The Labute approximate surface area is 263 Å². The van der Waals surface area contributed by atoms with Crippen LogP contribution in [0.1, 0.15) is 76.1 Å². The van der Waals surface area contributed by atoms with E-state index in [2.05, 4.69) is 32.2 Å². The summed E-state index contributed by atoms with van der Waals surface area (Å²) in [5, 5.41) is 7.88. The highest BCUT2D eigenvalue weighted by molar-refractivity contribution is 7.91. The fourth-order valence-corrected chi connectivity index (χ4v) is 7.21. The van der Waals surface area contributed by atoms with Crippen LogP contribution in [0.4, 0.5) is 0 Å². The van der Waals surface area contributed by atoms with Gasteiger partial charge in [0.2, 0.25) is 27.7 Å². The van der Waals surface area contributed by atoms with Crippen molar-refractivity contribution in [3.8, 4) is 0 Å². The van der Waals surface area contributed by atoms with Gasteiger partial charge in [0.15, 0.2) is 0 Å². The number of nitrogens with one attached hydrogen (secondary N) is 4. The molecule has 4 fully saturated rings. The average Bonchev–Trinajstić information content (AvgIpc) is 3.86. The van der Waals surface area contributed by atoms with Crippen molar-refractivity contribution in [3.05, 3.63) is 42.7 Å². The van der Waals surface area contributed by atoms with Crippen LogP contribution in [-0.4, -0.2) is 83.3 Å². The highest BCUT2D eigenvalue weighted by Crippen LogP contribution is 2.45. The van der Waals surface area contributed by atoms with Gasteiger partial charge in [0.05, 0.1) is 5.25 Å². The number of hydrogen-bond donors (Lipinski definition) is 4. The molecule has 4 N–H and O–H groups in total. The lowest BCUT2D eigenvalue weighted by molar-refractivity contribution is -0.144. The zero-order valence-corrected chi connectivity index (χ0v) is 26.7. The van der Waals surface area contributed by atoms with Gasteiger partial charge < -0.3 is 20.9 Å². The second-order valence-electron chi connectivity index (χ2n) is 13.8. The van der Waals surface area contributed by atoms with Gasteiger partial charge in [-0.25, -0.2) is 8.42 Å². The van der Waals surface area contributed by atoms with E-state index in [0.29, 0.717) is 30.7 Å². The maximum absolute atomic E-state index is 14.2. The SMILES string of the molecule is C=CC1CC1(NC(=O)[C@@H]1C[C@@H](NC(=O)c2ccncc2)CN1C(=O)[C@@H](NC(=O)CC1CC1)C(C)(C)C)C(=O)NS(=O)(=O)C1CC1. The molecule has 45 heavy (non-hydrogen) atoms. The van der Waals surface area contributed by atoms with Gasteiger partial charge in [-0.05, 0) is 62.0 Å². The highest BCUT2D eigenvalue weighted by atomic mass is 32.2. The van der Waals surface area contributed by atoms with Gasteiger partial charge in [-0.2, -0.15) is 0 Å². The summed E-state index contributed by atoms with van der Waals surface area (Å²) in [6.45, 7) is 9.17. The molecule has 2 unspecified atom stereocenters. The molecule has 3 aliphatic carbocycles. The second kappa shape index (κ2) is 12.2. The first-order valence-corrected chi connectivity index (χ1v) is 17.0. The highest BCUT2D eigenvalue weighted by Gasteiger charge is 2.62. The molecular formula is C31H42N6O7S. The first-order chi connectivity index (χ1) is 21.1. The topological polar surface area (TPSA) is 184 Å². The van der Waals surface area contributed by atoms with Crippen LogP contribution in [0.2, 0.25) is 0 Å². The quantitative estimate of drug-likeness (QED) is 0.241. The van der Waals surface area contributed by atoms with Crippen molar-refractivity contribution >= 4 is 39.6 Å². The zero-order valence-electron chi connectivity index (χ0n) is 25.9. The fourth-order valence-electron chi connectivity index (χ4n) is 5.84. The fraction of sp³-hybridized carbons (Fsp3) is 0.613. The molecule has 1 aliphatic heterocycles. The van der Waals surface area contributed by atoms with Crippen LogP contribution in [0.5, 0.6) is 0 Å². The minimum atomic E-state index is -3.87. The lowest BCUT2D eigenvalue weighted by atomic mass is 9.85. The van der Waals surface area contributed by atoms with Gasteiger partial charge in [0.1, 0.15) is 17.6 Å². The maximum Gasteiger partial charge on any atom is 0.259 e. The molecule has 4 aliphatic rings. The van der Waals surface area contributed by atoms with Crippen molar-refractivity contribution in [2.24, 2.45) is 17.3 Å². The van der Waals surface area contributed by atoms with E-state index in [1.54, 1.807) is 12.1 Å². The number of carbonyl (C=O) groups is 5. The van der Waals surface area contributed by atoms with Crippen LogP contribution >= 0.6 is 0 Å². The summed E-state index contributed by atoms with van der Waals surface area (Å²) in [7, 11) is -3.87. The van der Waals surface area contributed by atoms with Crippen LogP contribution in [0.3, 0.4) is 0 Å². The number of rotatable bonds is 12. The van der Waals surface area contributed by atoms with Crippen molar-refractivity contribution in [2.45, 2.75) is 94.6 Å². The standard InChI is InChI=1S/C31H42N6O7S/c1-5-20-16-31(20,29(42)36-45(43,44)22-8-9-22)35-27(40)23-15-21(33-26(39)19-10-12-32-13-11-19)17-37(23)28(41)25(30(2,3)4)34-24(38)14-18-6-7-18/h5,10-13,18,20-23,25H,1,6-9,14-17H2,2-4H3,(H,33,39)(H,34,38)(H,35,40)(H,36,42)/t20?,21-,23+,25-,31?/m1/s1. The predicted octanol–water partition coefficient (Wildman–Crippen LogP) is 0.781. The average molecular weight is 643 g/mol. The van der Waals surface area contributed by atoms with E-state index in [9.17, 15) is 32.4 Å². The third kappa shape index (κ3) is 7.37. The van der Waals surface area contributed by atoms with Crippen molar-refractivity contribution in [1.29, 1.82) is 0 Å². The molecule has 1 saturated heterocycles. The Morgan fingerprint density at radius 3 is 2.33 bits per heavy atom. The molecule has 0 aromatic carbocycles. The van der Waals surface area contributed by atoms with Crippen molar-refractivity contribution in [2.75, 3.05) is 6.54 Å². The molecule has 0 radical (unpaired) electrons. The van der Waals surface area contributed by atoms with Gasteiger partial charge in [-0.15, -0.1) is 6.58 Å². The van der Waals surface area contributed by atoms with E-state index < -0.39 is 73.9 Å². The minimum absolute atomic E-state index is 0.0149. The number of carbonyl (C=O) groups excluding carboxylic acids is 5.